The molecule has 7 nitrogen and oxygen atoms in total. The lowest BCUT2D eigenvalue weighted by molar-refractivity contribution is -0.119. The highest BCUT2D eigenvalue weighted by molar-refractivity contribution is 6.34. The molecule has 3 amide bonds. The van der Waals surface area contributed by atoms with Crippen LogP contribution in [-0.4, -0.2) is 30.3 Å². The number of imide groups is 1. The molecule has 160 valence electrons. The van der Waals surface area contributed by atoms with Gasteiger partial charge in [0.15, 0.2) is 6.61 Å². The molecule has 0 spiro atoms. The summed E-state index contributed by atoms with van der Waals surface area (Å²) in [6.07, 6.45) is 0. The van der Waals surface area contributed by atoms with Crippen molar-refractivity contribution in [1.29, 1.82) is 0 Å². The Balaban J connectivity index is 1.39. The number of nitrogens with one attached hydrogen (secondary N) is 1. The number of fused-ring (bicyclic) bond motifs is 1. The maximum Gasteiger partial charge on any atom is 0.338 e. The predicted octanol–water partition coefficient (Wildman–Crippen LogP) is 4.24. The number of hydrogen-bond acceptors (Lipinski definition) is 5. The first-order valence-electron chi connectivity index (χ1n) is 9.67. The average Bonchev–Trinajstić information content (AvgIpc) is 3.06. The summed E-state index contributed by atoms with van der Waals surface area (Å²) in [4.78, 5) is 50.6. The van der Waals surface area contributed by atoms with Crippen molar-refractivity contribution in [2.75, 3.05) is 16.8 Å². The summed E-state index contributed by atoms with van der Waals surface area (Å²) in [5.74, 6) is -2.06. The Morgan fingerprint density at radius 3 is 2.16 bits per heavy atom. The number of carbonyl (C=O) groups is 4. The minimum atomic E-state index is -0.711. The van der Waals surface area contributed by atoms with E-state index >= 15 is 0 Å². The Bertz CT molecular complexity index is 1220. The van der Waals surface area contributed by atoms with Crippen molar-refractivity contribution < 1.29 is 23.9 Å². The Labute approximate surface area is 188 Å². The van der Waals surface area contributed by atoms with Crippen LogP contribution in [0.4, 0.5) is 11.4 Å². The van der Waals surface area contributed by atoms with Gasteiger partial charge >= 0.3 is 5.97 Å². The number of hydrogen-bond donors (Lipinski definition) is 1. The molecule has 0 bridgehead atoms. The third-order valence-corrected chi connectivity index (χ3v) is 5.44. The Kier molecular flexibility index (Phi) is 5.75. The van der Waals surface area contributed by atoms with E-state index in [4.69, 9.17) is 16.3 Å². The fourth-order valence-corrected chi connectivity index (χ4v) is 3.49. The molecular formula is C24H17ClN2O5. The molecule has 0 fully saturated rings. The summed E-state index contributed by atoms with van der Waals surface area (Å²) >= 11 is 6.03. The van der Waals surface area contributed by atoms with Gasteiger partial charge in [-0.05, 0) is 61.0 Å². The molecule has 0 aliphatic carbocycles. The number of amides is 3. The molecule has 0 atom stereocenters. The van der Waals surface area contributed by atoms with E-state index in [1.807, 2.05) is 0 Å². The van der Waals surface area contributed by atoms with Crippen LogP contribution in [0.2, 0.25) is 5.02 Å². The smallest absolute Gasteiger partial charge is 0.338 e. The van der Waals surface area contributed by atoms with Crippen molar-refractivity contribution >= 4 is 46.7 Å². The fourth-order valence-electron chi connectivity index (χ4n) is 3.31. The highest BCUT2D eigenvalue weighted by Crippen LogP contribution is 2.28. The topological polar surface area (TPSA) is 92.8 Å². The molecular weight excluding hydrogens is 432 g/mol. The van der Waals surface area contributed by atoms with Crippen LogP contribution in [0.3, 0.4) is 0 Å². The lowest BCUT2D eigenvalue weighted by Crippen LogP contribution is -2.29. The number of carbonyl (C=O) groups excluding carboxylic acids is 4. The SMILES string of the molecule is Cc1c(Cl)cccc1NC(=O)COC(=O)c1ccc(N2C(=O)c3ccccc3C2=O)cc1. The average molecular weight is 449 g/mol. The van der Waals surface area contributed by atoms with Crippen molar-refractivity contribution in [3.8, 4) is 0 Å². The number of halogens is 1. The Morgan fingerprint density at radius 1 is 0.906 bits per heavy atom. The van der Waals surface area contributed by atoms with Gasteiger partial charge in [0.25, 0.3) is 17.7 Å². The Morgan fingerprint density at radius 2 is 1.53 bits per heavy atom. The van der Waals surface area contributed by atoms with Gasteiger partial charge < -0.3 is 10.1 Å². The van der Waals surface area contributed by atoms with Crippen molar-refractivity contribution in [3.63, 3.8) is 0 Å². The molecule has 1 aliphatic heterocycles. The van der Waals surface area contributed by atoms with Crippen LogP contribution in [0.25, 0.3) is 0 Å². The highest BCUT2D eigenvalue weighted by Gasteiger charge is 2.36. The summed E-state index contributed by atoms with van der Waals surface area (Å²) in [5, 5.41) is 3.15. The van der Waals surface area contributed by atoms with E-state index in [1.54, 1.807) is 49.4 Å². The van der Waals surface area contributed by atoms with E-state index in [9.17, 15) is 19.2 Å². The second-order valence-electron chi connectivity index (χ2n) is 7.07. The number of ether oxygens (including phenoxy) is 1. The van der Waals surface area contributed by atoms with Crippen LogP contribution in [-0.2, 0) is 9.53 Å². The first-order valence-corrected chi connectivity index (χ1v) is 10.0. The molecule has 0 radical (unpaired) electrons. The third kappa shape index (κ3) is 3.98. The van der Waals surface area contributed by atoms with Gasteiger partial charge in [-0.15, -0.1) is 0 Å². The lowest BCUT2D eigenvalue weighted by Gasteiger charge is -2.14. The van der Waals surface area contributed by atoms with Crippen molar-refractivity contribution in [3.05, 3.63) is 94.0 Å². The molecule has 0 unspecified atom stereocenters. The van der Waals surface area contributed by atoms with Gasteiger partial charge in [-0.2, -0.15) is 0 Å². The van der Waals surface area contributed by atoms with E-state index in [-0.39, 0.29) is 5.56 Å². The molecule has 0 aromatic heterocycles. The largest absolute Gasteiger partial charge is 0.452 e. The molecule has 0 saturated carbocycles. The number of anilines is 2. The van der Waals surface area contributed by atoms with Crippen molar-refractivity contribution in [2.45, 2.75) is 6.92 Å². The minimum absolute atomic E-state index is 0.178. The molecule has 0 saturated heterocycles. The summed E-state index contributed by atoms with van der Waals surface area (Å²) in [6, 6.07) is 17.5. The van der Waals surface area contributed by atoms with Gasteiger partial charge in [0.2, 0.25) is 0 Å². The van der Waals surface area contributed by atoms with Crippen LogP contribution < -0.4 is 10.2 Å². The van der Waals surface area contributed by atoms with Crippen LogP contribution in [0, 0.1) is 6.92 Å². The van der Waals surface area contributed by atoms with E-state index in [0.29, 0.717) is 33.1 Å². The van der Waals surface area contributed by atoms with Crippen LogP contribution in [0.1, 0.15) is 36.6 Å². The molecule has 8 heteroatoms. The second-order valence-corrected chi connectivity index (χ2v) is 7.48. The second kappa shape index (κ2) is 8.64. The van der Waals surface area contributed by atoms with Gasteiger partial charge in [0.05, 0.1) is 22.4 Å². The fraction of sp³-hybridized carbons (Fsp3) is 0.0833. The molecule has 1 N–H and O–H groups in total. The molecule has 3 aromatic carbocycles. The van der Waals surface area contributed by atoms with Crippen LogP contribution in [0.15, 0.2) is 66.7 Å². The minimum Gasteiger partial charge on any atom is -0.452 e. The van der Waals surface area contributed by atoms with E-state index in [1.165, 1.54) is 24.3 Å². The molecule has 1 heterocycles. The van der Waals surface area contributed by atoms with E-state index in [0.717, 1.165) is 4.90 Å². The lowest BCUT2D eigenvalue weighted by atomic mass is 10.1. The zero-order chi connectivity index (χ0) is 22.8. The van der Waals surface area contributed by atoms with Gasteiger partial charge in [-0.1, -0.05) is 29.8 Å². The van der Waals surface area contributed by atoms with Gasteiger partial charge in [0.1, 0.15) is 0 Å². The summed E-state index contributed by atoms with van der Waals surface area (Å²) < 4.78 is 5.06. The maximum absolute atomic E-state index is 12.6. The Hall–Kier alpha value is -3.97. The normalized spacial score (nSPS) is 12.5. The van der Waals surface area contributed by atoms with E-state index in [2.05, 4.69) is 5.32 Å². The standard InChI is InChI=1S/C24H17ClN2O5/c1-14-19(25)7-4-8-20(14)26-21(28)13-32-24(31)15-9-11-16(12-10-15)27-22(29)17-5-2-3-6-18(17)23(27)30/h2-12H,13H2,1H3,(H,26,28). The molecule has 1 aliphatic rings. The van der Waals surface area contributed by atoms with Gasteiger partial charge in [-0.25, -0.2) is 9.69 Å². The quantitative estimate of drug-likeness (QED) is 0.465. The highest BCUT2D eigenvalue weighted by atomic mass is 35.5. The van der Waals surface area contributed by atoms with Crippen LogP contribution >= 0.6 is 11.6 Å². The first-order chi connectivity index (χ1) is 15.4. The molecule has 4 rings (SSSR count). The summed E-state index contributed by atoms with van der Waals surface area (Å²) in [5.41, 5.74) is 2.42. The number of benzene rings is 3. The third-order valence-electron chi connectivity index (χ3n) is 5.03. The first kappa shape index (κ1) is 21.3. The zero-order valence-electron chi connectivity index (χ0n) is 16.9. The summed E-state index contributed by atoms with van der Waals surface area (Å²) in [7, 11) is 0. The number of nitrogens with zero attached hydrogens (tertiary/aromatic N) is 1. The van der Waals surface area contributed by atoms with Gasteiger partial charge in [0, 0.05) is 10.7 Å². The van der Waals surface area contributed by atoms with Crippen LogP contribution in [0.5, 0.6) is 0 Å². The molecule has 3 aromatic rings. The maximum atomic E-state index is 12.6. The van der Waals surface area contributed by atoms with E-state index < -0.39 is 30.3 Å². The molecule has 32 heavy (non-hydrogen) atoms. The number of esters is 1. The van der Waals surface area contributed by atoms with Crippen molar-refractivity contribution in [2.24, 2.45) is 0 Å². The monoisotopic (exact) mass is 448 g/mol. The van der Waals surface area contributed by atoms with Crippen molar-refractivity contribution in [1.82, 2.24) is 0 Å². The predicted molar refractivity (Wildman–Crippen MR) is 119 cm³/mol. The summed E-state index contributed by atoms with van der Waals surface area (Å²) in [6.45, 7) is 1.28. The number of rotatable bonds is 5. The zero-order valence-corrected chi connectivity index (χ0v) is 17.7. The van der Waals surface area contributed by atoms with Gasteiger partial charge in [-0.3, -0.25) is 14.4 Å².